The molecular formula is C64H74N6O14. The zero-order valence-electron chi connectivity index (χ0n) is 48.9. The number of methoxy groups -OCH3 is 6. The van der Waals surface area contributed by atoms with Crippen molar-refractivity contribution in [2.45, 2.75) is 90.9 Å². The van der Waals surface area contributed by atoms with E-state index < -0.39 is 33.4 Å². The zero-order valence-corrected chi connectivity index (χ0v) is 48.9. The molecule has 20 nitrogen and oxygen atoms in total. The number of nitrogens with one attached hydrogen (secondary N) is 6. The van der Waals surface area contributed by atoms with Gasteiger partial charge in [0.15, 0.2) is 34.5 Å². The standard InChI is InChI=1S/C64H74N6O14/c1-9-11-13-15-17-19-33-83-39-35-45-57(81-7)52(38-39)70-64(76)46-36-40(84-34-20-18-16-14-12-10-2)37-51(58(46)82-8)69-62(74)44-28-24-31-49(56(44)80-6)67-60(72)42-26-22-29-47(54(42)78-4)65-59(71)41-25-21-30-48(53(41)77-3)66-61(73)43-27-23-32-50(55(43)79-5)68-63(45)75/h21-32,35-38H,9-20,33-34H2,1-8H3,(H,65,71)(H,66,73)(H,67,72)(H,68,75)(H,69,74)(H,70,76). The summed E-state index contributed by atoms with van der Waals surface area (Å²) in [6, 6.07) is 24.4. The maximum atomic E-state index is 15.0. The lowest BCUT2D eigenvalue weighted by atomic mass is 10.1. The Bertz CT molecular complexity index is 4200. The molecule has 6 N–H and O–H groups in total. The maximum Gasteiger partial charge on any atom is 0.259 e. The minimum absolute atomic E-state index is 0.00166. The van der Waals surface area contributed by atoms with Crippen LogP contribution in [0.15, 0.2) is 126 Å². The van der Waals surface area contributed by atoms with Gasteiger partial charge in [0, 0.05) is 12.1 Å². The fraction of sp³-hybridized carbons (Fsp3) is 0.344. The van der Waals surface area contributed by atoms with E-state index in [1.165, 1.54) is 97.3 Å². The molecule has 6 aromatic carbocycles. The SMILES string of the molecule is CCCCCCCCOc1cc2[nH]c(=O)c3cccc([nH]c(=O)c4cccc([nH]c(=O)c5cccc([nH]c(=O)c6cccc([nH]c(=O)c7cc(OCCCCCCCC)cc([nH]c(=O)c(c1)c2OC)c7OC)c6OC)c5OC)c4OC)c3OC. The maximum absolute atomic E-state index is 15.0. The minimum Gasteiger partial charge on any atom is -0.494 e. The molecule has 0 radical (unpaired) electrons. The summed E-state index contributed by atoms with van der Waals surface area (Å²) < 4.78 is 47.4. The van der Waals surface area contributed by atoms with Crippen LogP contribution >= 0.6 is 0 Å². The highest BCUT2D eigenvalue weighted by molar-refractivity contribution is 5.85. The van der Waals surface area contributed by atoms with Crippen LogP contribution in [0.4, 0.5) is 0 Å². The molecule has 0 amide bonds. The Kier molecular flexibility index (Phi) is 22.6. The Balaban J connectivity index is 1.65. The lowest BCUT2D eigenvalue weighted by molar-refractivity contribution is 0.304. The second-order valence-electron chi connectivity index (χ2n) is 19.6. The van der Waals surface area contributed by atoms with E-state index in [2.05, 4.69) is 43.8 Å². The van der Waals surface area contributed by atoms with E-state index in [0.29, 0.717) is 13.2 Å². The van der Waals surface area contributed by atoms with Gasteiger partial charge < -0.3 is 67.8 Å². The Hall–Kier alpha value is -9.46. The quantitative estimate of drug-likeness (QED) is 0.0345. The number of fused-ring (bicyclic) bond motifs is 12. The van der Waals surface area contributed by atoms with E-state index in [9.17, 15) is 28.8 Å². The van der Waals surface area contributed by atoms with Crippen LogP contribution in [0.5, 0.6) is 46.0 Å². The third-order valence-electron chi connectivity index (χ3n) is 13.9. The van der Waals surface area contributed by atoms with Gasteiger partial charge in [-0.2, -0.15) is 0 Å². The molecule has 12 bridgehead atoms. The summed E-state index contributed by atoms with van der Waals surface area (Å²) >= 11 is 0. The number of benzene rings is 6. The highest BCUT2D eigenvalue weighted by Gasteiger charge is 2.15. The summed E-state index contributed by atoms with van der Waals surface area (Å²) in [5.74, 6) is 0.308. The van der Waals surface area contributed by atoms with Crippen LogP contribution in [0.3, 0.4) is 0 Å². The van der Waals surface area contributed by atoms with Crippen molar-refractivity contribution >= 4 is 65.4 Å². The molecule has 0 unspecified atom stereocenters. The van der Waals surface area contributed by atoms with Gasteiger partial charge in [-0.15, -0.1) is 0 Å². The number of para-hydroxylation sites is 4. The molecule has 0 aliphatic carbocycles. The van der Waals surface area contributed by atoms with Crippen molar-refractivity contribution < 1.29 is 37.9 Å². The second kappa shape index (κ2) is 30.6. The zero-order chi connectivity index (χ0) is 60.1. The summed E-state index contributed by atoms with van der Waals surface area (Å²) in [6.45, 7) is 4.90. The number of rotatable bonds is 22. The largest absolute Gasteiger partial charge is 0.494 e. The van der Waals surface area contributed by atoms with E-state index in [1.807, 2.05) is 0 Å². The summed E-state index contributed by atoms with van der Waals surface area (Å²) in [5.41, 5.74) is -3.76. The van der Waals surface area contributed by atoms with E-state index in [-0.39, 0.29) is 111 Å². The van der Waals surface area contributed by atoms with Crippen LogP contribution in [-0.2, 0) is 0 Å². The molecule has 1 heterocycles. The minimum atomic E-state index is -0.742. The van der Waals surface area contributed by atoms with Gasteiger partial charge in [-0.25, -0.2) is 0 Å². The van der Waals surface area contributed by atoms with Crippen molar-refractivity contribution in [3.63, 3.8) is 0 Å². The first-order valence-electron chi connectivity index (χ1n) is 28.1. The number of aromatic nitrogens is 6. The highest BCUT2D eigenvalue weighted by Crippen LogP contribution is 2.31. The van der Waals surface area contributed by atoms with Crippen LogP contribution in [0.2, 0.25) is 0 Å². The van der Waals surface area contributed by atoms with Gasteiger partial charge in [0.05, 0.1) is 121 Å². The van der Waals surface area contributed by atoms with Crippen molar-refractivity contribution in [1.82, 2.24) is 29.9 Å². The van der Waals surface area contributed by atoms with Crippen LogP contribution in [-0.4, -0.2) is 85.8 Å². The van der Waals surface area contributed by atoms with Crippen molar-refractivity contribution in [1.29, 1.82) is 0 Å². The van der Waals surface area contributed by atoms with E-state index in [4.69, 9.17) is 37.9 Å². The molecule has 0 spiro atoms. The summed E-state index contributed by atoms with van der Waals surface area (Å²) in [7, 11) is 8.03. The van der Waals surface area contributed by atoms with E-state index >= 15 is 0 Å². The molecule has 444 valence electrons. The van der Waals surface area contributed by atoms with Gasteiger partial charge in [-0.3, -0.25) is 28.8 Å². The lowest BCUT2D eigenvalue weighted by Gasteiger charge is -2.11. The number of aromatic amines is 6. The molecule has 1 aromatic heterocycles. The lowest BCUT2D eigenvalue weighted by Crippen LogP contribution is -2.11. The number of hydrogen-bond donors (Lipinski definition) is 6. The molecule has 84 heavy (non-hydrogen) atoms. The third kappa shape index (κ3) is 15.2. The molecule has 20 heteroatoms. The average Bonchev–Trinajstić information content (AvgIpc) is 2.83. The Labute approximate surface area is 483 Å². The van der Waals surface area contributed by atoms with Crippen molar-refractivity contribution in [2.75, 3.05) is 55.9 Å². The Morgan fingerprint density at radius 3 is 0.798 bits per heavy atom. The molecule has 0 aliphatic heterocycles. The summed E-state index contributed by atoms with van der Waals surface area (Å²) in [4.78, 5) is 104. The van der Waals surface area contributed by atoms with Gasteiger partial charge in [0.25, 0.3) is 33.4 Å². The molecule has 0 saturated heterocycles. The Morgan fingerprint density at radius 1 is 0.286 bits per heavy atom. The molecule has 0 fully saturated rings. The number of H-pyrrole nitrogens is 6. The number of hydrogen-bond acceptors (Lipinski definition) is 14. The molecule has 0 atom stereocenters. The van der Waals surface area contributed by atoms with Crippen LogP contribution < -0.4 is 71.3 Å². The molecule has 7 aromatic rings. The van der Waals surface area contributed by atoms with Crippen LogP contribution in [0, 0.1) is 0 Å². The topological polar surface area (TPSA) is 271 Å². The van der Waals surface area contributed by atoms with Crippen LogP contribution in [0.25, 0.3) is 65.4 Å². The van der Waals surface area contributed by atoms with Gasteiger partial charge in [0.1, 0.15) is 11.5 Å². The predicted octanol–water partition coefficient (Wildman–Crippen LogP) is 11.3. The molecule has 0 aliphatic rings. The second-order valence-corrected chi connectivity index (χ2v) is 19.6. The van der Waals surface area contributed by atoms with E-state index in [0.717, 1.165) is 77.0 Å². The van der Waals surface area contributed by atoms with E-state index in [1.54, 1.807) is 42.5 Å². The fourth-order valence-corrected chi connectivity index (χ4v) is 9.75. The first-order valence-corrected chi connectivity index (χ1v) is 28.1. The normalized spacial score (nSPS) is 10.9. The van der Waals surface area contributed by atoms with Crippen molar-refractivity contribution in [3.8, 4) is 46.0 Å². The monoisotopic (exact) mass is 1150 g/mol. The number of ether oxygens (including phenoxy) is 8. The molecule has 7 rings (SSSR count). The molecule has 0 saturated carbocycles. The van der Waals surface area contributed by atoms with Crippen molar-refractivity contribution in [2.24, 2.45) is 0 Å². The van der Waals surface area contributed by atoms with Gasteiger partial charge >= 0.3 is 0 Å². The fourth-order valence-electron chi connectivity index (χ4n) is 9.75. The average molecular weight is 1150 g/mol. The first-order chi connectivity index (χ1) is 40.8. The summed E-state index contributed by atoms with van der Waals surface area (Å²) in [5, 5.41) is -0.138. The smallest absolute Gasteiger partial charge is 0.259 e. The van der Waals surface area contributed by atoms with Gasteiger partial charge in [-0.1, -0.05) is 102 Å². The Morgan fingerprint density at radius 2 is 0.524 bits per heavy atom. The van der Waals surface area contributed by atoms with Crippen LogP contribution in [0.1, 0.15) is 90.9 Å². The molecular weight excluding hydrogens is 1080 g/mol. The van der Waals surface area contributed by atoms with Crippen molar-refractivity contribution in [3.05, 3.63) is 159 Å². The first kappa shape index (κ1) is 62.1. The summed E-state index contributed by atoms with van der Waals surface area (Å²) in [6.07, 6.45) is 12.0. The predicted molar refractivity (Wildman–Crippen MR) is 332 cm³/mol. The van der Waals surface area contributed by atoms with Gasteiger partial charge in [-0.05, 0) is 73.5 Å². The van der Waals surface area contributed by atoms with Gasteiger partial charge in [0.2, 0.25) is 0 Å². The number of unbranched alkanes of at least 4 members (excludes halogenated alkanes) is 10. The third-order valence-corrected chi connectivity index (χ3v) is 13.9. The highest BCUT2D eigenvalue weighted by atomic mass is 16.5.